The average Bonchev–Trinajstić information content (AvgIpc) is 2.26. The van der Waals surface area contributed by atoms with Crippen molar-refractivity contribution in [2.24, 2.45) is 5.73 Å². The molecule has 3 N–H and O–H groups in total. The van der Waals surface area contributed by atoms with Gasteiger partial charge in [-0.3, -0.25) is 9.59 Å². The smallest absolute Gasteiger partial charge is 0.316 e. The standard InChI is InChI=1S/C11H12FNO3S/c1-6(11(15)16)17-5-8-3-2-7(10(13)14)4-9(8)12/h2-4,6H,5H2,1H3,(H2,13,14)(H,15,16). The molecule has 0 radical (unpaired) electrons. The number of nitrogens with two attached hydrogens (primary N) is 1. The number of carbonyl (C=O) groups excluding carboxylic acids is 1. The van der Waals surface area contributed by atoms with Crippen molar-refractivity contribution in [3.8, 4) is 0 Å². The third-order valence-electron chi connectivity index (χ3n) is 2.17. The number of primary amides is 1. The van der Waals surface area contributed by atoms with Crippen LogP contribution in [0.3, 0.4) is 0 Å². The second kappa shape index (κ2) is 5.67. The fourth-order valence-electron chi connectivity index (χ4n) is 1.10. The molecule has 17 heavy (non-hydrogen) atoms. The number of benzene rings is 1. The summed E-state index contributed by atoms with van der Waals surface area (Å²) in [6.45, 7) is 1.53. The lowest BCUT2D eigenvalue weighted by atomic mass is 10.1. The van der Waals surface area contributed by atoms with E-state index in [1.54, 1.807) is 0 Å². The van der Waals surface area contributed by atoms with E-state index in [1.807, 2.05) is 0 Å². The van der Waals surface area contributed by atoms with Crippen LogP contribution in [0.4, 0.5) is 4.39 Å². The molecule has 0 saturated carbocycles. The lowest BCUT2D eigenvalue weighted by Gasteiger charge is -2.07. The van der Waals surface area contributed by atoms with E-state index in [2.05, 4.69) is 0 Å². The Morgan fingerprint density at radius 3 is 2.65 bits per heavy atom. The maximum Gasteiger partial charge on any atom is 0.316 e. The Morgan fingerprint density at radius 1 is 1.53 bits per heavy atom. The third kappa shape index (κ3) is 3.74. The largest absolute Gasteiger partial charge is 0.480 e. The van der Waals surface area contributed by atoms with Gasteiger partial charge in [0.1, 0.15) is 5.82 Å². The lowest BCUT2D eigenvalue weighted by molar-refractivity contribution is -0.136. The number of hydrogen-bond donors (Lipinski definition) is 2. The molecule has 0 aliphatic heterocycles. The van der Waals surface area contributed by atoms with Gasteiger partial charge in [-0.05, 0) is 24.6 Å². The second-order valence-electron chi connectivity index (χ2n) is 3.46. The van der Waals surface area contributed by atoms with Gasteiger partial charge in [-0.15, -0.1) is 11.8 Å². The molecule has 0 aliphatic rings. The van der Waals surface area contributed by atoms with E-state index in [1.165, 1.54) is 19.1 Å². The summed E-state index contributed by atoms with van der Waals surface area (Å²) < 4.78 is 13.5. The second-order valence-corrected chi connectivity index (χ2v) is 4.79. The van der Waals surface area contributed by atoms with Crippen LogP contribution in [-0.2, 0) is 10.5 Å². The van der Waals surface area contributed by atoms with Gasteiger partial charge >= 0.3 is 5.97 Å². The molecule has 1 aromatic carbocycles. The molecule has 0 heterocycles. The maximum atomic E-state index is 13.5. The Labute approximate surface area is 102 Å². The van der Waals surface area contributed by atoms with Crippen molar-refractivity contribution in [2.45, 2.75) is 17.9 Å². The van der Waals surface area contributed by atoms with Crippen LogP contribution in [0.1, 0.15) is 22.8 Å². The molecule has 0 spiro atoms. The summed E-state index contributed by atoms with van der Waals surface area (Å²) in [5.74, 6) is -1.95. The predicted octanol–water partition coefficient (Wildman–Crippen LogP) is 1.63. The van der Waals surface area contributed by atoms with Crippen molar-refractivity contribution in [3.05, 3.63) is 35.1 Å². The summed E-state index contributed by atoms with van der Waals surface area (Å²) in [5.41, 5.74) is 5.46. The van der Waals surface area contributed by atoms with Crippen LogP contribution in [-0.4, -0.2) is 22.2 Å². The quantitative estimate of drug-likeness (QED) is 0.840. The molecular formula is C11H12FNO3S. The van der Waals surface area contributed by atoms with E-state index < -0.39 is 22.9 Å². The SMILES string of the molecule is CC(SCc1ccc(C(N)=O)cc1F)C(=O)O. The predicted molar refractivity (Wildman–Crippen MR) is 63.3 cm³/mol. The van der Waals surface area contributed by atoms with Crippen LogP contribution in [0.15, 0.2) is 18.2 Å². The number of aliphatic carboxylic acids is 1. The van der Waals surface area contributed by atoms with Gasteiger partial charge in [0, 0.05) is 11.3 Å². The molecule has 6 heteroatoms. The van der Waals surface area contributed by atoms with Crippen LogP contribution in [0.2, 0.25) is 0 Å². The number of thioether (sulfide) groups is 1. The molecule has 0 aromatic heterocycles. The van der Waals surface area contributed by atoms with Crippen molar-refractivity contribution in [1.82, 2.24) is 0 Å². The summed E-state index contributed by atoms with van der Waals surface area (Å²) >= 11 is 1.11. The van der Waals surface area contributed by atoms with Gasteiger partial charge in [0.05, 0.1) is 5.25 Å². The number of hydrogen-bond acceptors (Lipinski definition) is 3. The Hall–Kier alpha value is -1.56. The molecule has 92 valence electrons. The first-order chi connectivity index (χ1) is 7.91. The minimum absolute atomic E-state index is 0.0996. The van der Waals surface area contributed by atoms with Gasteiger partial charge in [-0.2, -0.15) is 0 Å². The fourth-order valence-corrected chi connectivity index (χ4v) is 1.91. The number of carboxylic acid groups (broad SMARTS) is 1. The van der Waals surface area contributed by atoms with Crippen LogP contribution in [0.25, 0.3) is 0 Å². The molecule has 0 bridgehead atoms. The first-order valence-corrected chi connectivity index (χ1v) is 5.89. The molecular weight excluding hydrogens is 245 g/mol. The first kappa shape index (κ1) is 13.5. The topological polar surface area (TPSA) is 80.4 Å². The van der Waals surface area contributed by atoms with Gasteiger partial charge in [-0.25, -0.2) is 4.39 Å². The van der Waals surface area contributed by atoms with Crippen LogP contribution in [0, 0.1) is 5.82 Å². The number of carboxylic acids is 1. The van der Waals surface area contributed by atoms with E-state index in [9.17, 15) is 14.0 Å². The number of carbonyl (C=O) groups is 2. The highest BCUT2D eigenvalue weighted by molar-refractivity contribution is 7.99. The Bertz CT molecular complexity index is 450. The molecule has 1 amide bonds. The number of rotatable bonds is 5. The van der Waals surface area contributed by atoms with Gasteiger partial charge < -0.3 is 10.8 Å². The van der Waals surface area contributed by atoms with E-state index in [4.69, 9.17) is 10.8 Å². The summed E-state index contributed by atoms with van der Waals surface area (Å²) in [5, 5.41) is 8.06. The zero-order chi connectivity index (χ0) is 13.0. The van der Waals surface area contributed by atoms with Crippen molar-refractivity contribution >= 4 is 23.6 Å². The van der Waals surface area contributed by atoms with E-state index in [-0.39, 0.29) is 11.3 Å². The van der Waals surface area contributed by atoms with Crippen molar-refractivity contribution in [3.63, 3.8) is 0 Å². The fraction of sp³-hybridized carbons (Fsp3) is 0.273. The Morgan fingerprint density at radius 2 is 2.18 bits per heavy atom. The molecule has 1 rings (SSSR count). The molecule has 1 unspecified atom stereocenters. The van der Waals surface area contributed by atoms with Crippen LogP contribution >= 0.6 is 11.8 Å². The van der Waals surface area contributed by atoms with Gasteiger partial charge in [0.2, 0.25) is 5.91 Å². The summed E-state index contributed by atoms with van der Waals surface area (Å²) in [6, 6.07) is 3.92. The normalized spacial score (nSPS) is 12.1. The first-order valence-electron chi connectivity index (χ1n) is 4.84. The zero-order valence-corrected chi connectivity index (χ0v) is 9.96. The molecule has 1 aromatic rings. The molecule has 0 saturated heterocycles. The molecule has 1 atom stereocenters. The number of halogens is 1. The van der Waals surface area contributed by atoms with Crippen molar-refractivity contribution in [1.29, 1.82) is 0 Å². The van der Waals surface area contributed by atoms with Crippen LogP contribution in [0.5, 0.6) is 0 Å². The maximum absolute atomic E-state index is 13.5. The van der Waals surface area contributed by atoms with Gasteiger partial charge in [0.15, 0.2) is 0 Å². The minimum atomic E-state index is -0.941. The highest BCUT2D eigenvalue weighted by Crippen LogP contribution is 2.20. The summed E-state index contributed by atoms with van der Waals surface area (Å²) in [6.07, 6.45) is 0. The minimum Gasteiger partial charge on any atom is -0.480 e. The van der Waals surface area contributed by atoms with Crippen molar-refractivity contribution < 1.29 is 19.1 Å². The third-order valence-corrected chi connectivity index (χ3v) is 3.35. The monoisotopic (exact) mass is 257 g/mol. The zero-order valence-electron chi connectivity index (χ0n) is 9.14. The lowest BCUT2D eigenvalue weighted by Crippen LogP contribution is -2.13. The van der Waals surface area contributed by atoms with Crippen LogP contribution < -0.4 is 5.73 Å². The summed E-state index contributed by atoms with van der Waals surface area (Å²) in [4.78, 5) is 21.4. The molecule has 0 aliphatic carbocycles. The molecule has 4 nitrogen and oxygen atoms in total. The van der Waals surface area contributed by atoms with Gasteiger partial charge in [0.25, 0.3) is 0 Å². The van der Waals surface area contributed by atoms with E-state index in [0.29, 0.717) is 5.56 Å². The highest BCUT2D eigenvalue weighted by Gasteiger charge is 2.13. The molecule has 0 fully saturated rings. The Balaban J connectivity index is 2.73. The average molecular weight is 257 g/mol. The Kier molecular flexibility index (Phi) is 4.51. The van der Waals surface area contributed by atoms with Gasteiger partial charge in [-0.1, -0.05) is 6.07 Å². The number of amides is 1. The summed E-state index contributed by atoms with van der Waals surface area (Å²) in [7, 11) is 0. The van der Waals surface area contributed by atoms with E-state index >= 15 is 0 Å². The highest BCUT2D eigenvalue weighted by atomic mass is 32.2. The van der Waals surface area contributed by atoms with E-state index in [0.717, 1.165) is 17.8 Å². The van der Waals surface area contributed by atoms with Crippen molar-refractivity contribution in [2.75, 3.05) is 0 Å².